The molecular weight excluding hydrogens is 218 g/mol. The maximum absolute atomic E-state index is 11.0. The summed E-state index contributed by atoms with van der Waals surface area (Å²) >= 11 is 0. The van der Waals surface area contributed by atoms with Crippen LogP contribution < -0.4 is 10.1 Å². The molecule has 2 aromatic rings. The first-order chi connectivity index (χ1) is 8.24. The molecule has 0 atom stereocenters. The molecule has 0 aliphatic heterocycles. The van der Waals surface area contributed by atoms with Crippen molar-refractivity contribution in [3.05, 3.63) is 42.7 Å². The predicted molar refractivity (Wildman–Crippen MR) is 64.8 cm³/mol. The summed E-state index contributed by atoms with van der Waals surface area (Å²) in [6.45, 7) is 3.72. The summed E-state index contributed by atoms with van der Waals surface area (Å²) in [6, 6.07) is 7.53. The van der Waals surface area contributed by atoms with Crippen LogP contribution in [0.5, 0.6) is 5.75 Å². The van der Waals surface area contributed by atoms with Crippen molar-refractivity contribution in [3.8, 4) is 5.75 Å². The van der Waals surface area contributed by atoms with Crippen molar-refractivity contribution in [2.75, 3.05) is 7.11 Å². The second-order valence-corrected chi connectivity index (χ2v) is 3.51. The van der Waals surface area contributed by atoms with E-state index in [1.165, 1.54) is 6.08 Å². The van der Waals surface area contributed by atoms with E-state index >= 15 is 0 Å². The number of para-hydroxylation sites is 1. The van der Waals surface area contributed by atoms with Crippen molar-refractivity contribution < 1.29 is 13.9 Å². The van der Waals surface area contributed by atoms with Gasteiger partial charge in [-0.3, -0.25) is 4.79 Å². The lowest BCUT2D eigenvalue weighted by molar-refractivity contribution is -0.116. The SMILES string of the molecule is C=CC(=O)NCc1cc2cccc(OC)c2o1. The number of benzene rings is 1. The largest absolute Gasteiger partial charge is 0.493 e. The van der Waals surface area contributed by atoms with Gasteiger partial charge in [-0.1, -0.05) is 18.7 Å². The van der Waals surface area contributed by atoms with E-state index in [4.69, 9.17) is 9.15 Å². The Hall–Kier alpha value is -2.23. The molecule has 0 unspecified atom stereocenters. The molecule has 0 spiro atoms. The van der Waals surface area contributed by atoms with Crippen LogP contribution in [0.25, 0.3) is 11.0 Å². The lowest BCUT2D eigenvalue weighted by Gasteiger charge is -1.99. The molecule has 4 nitrogen and oxygen atoms in total. The standard InChI is InChI=1S/C13H13NO3/c1-3-12(15)14-8-10-7-9-5-4-6-11(16-2)13(9)17-10/h3-7H,1,8H2,2H3,(H,14,15). The number of nitrogens with one attached hydrogen (secondary N) is 1. The highest BCUT2D eigenvalue weighted by Crippen LogP contribution is 2.28. The van der Waals surface area contributed by atoms with Crippen LogP contribution in [0.3, 0.4) is 0 Å². The van der Waals surface area contributed by atoms with Crippen LogP contribution >= 0.6 is 0 Å². The molecule has 17 heavy (non-hydrogen) atoms. The van der Waals surface area contributed by atoms with E-state index < -0.39 is 0 Å². The minimum atomic E-state index is -0.225. The van der Waals surface area contributed by atoms with Gasteiger partial charge in [0.25, 0.3) is 0 Å². The molecule has 0 saturated heterocycles. The molecule has 1 amide bonds. The van der Waals surface area contributed by atoms with Crippen molar-refractivity contribution in [2.45, 2.75) is 6.54 Å². The number of carbonyl (C=O) groups excluding carboxylic acids is 1. The van der Waals surface area contributed by atoms with Crippen molar-refractivity contribution in [3.63, 3.8) is 0 Å². The van der Waals surface area contributed by atoms with Gasteiger partial charge in [-0.15, -0.1) is 0 Å². The maximum Gasteiger partial charge on any atom is 0.243 e. The topological polar surface area (TPSA) is 51.5 Å². The lowest BCUT2D eigenvalue weighted by Crippen LogP contribution is -2.19. The van der Waals surface area contributed by atoms with Crippen molar-refractivity contribution in [1.29, 1.82) is 0 Å². The number of ether oxygens (including phenoxy) is 1. The van der Waals surface area contributed by atoms with E-state index in [1.807, 2.05) is 24.3 Å². The molecule has 2 rings (SSSR count). The first-order valence-electron chi connectivity index (χ1n) is 5.20. The third kappa shape index (κ3) is 2.30. The van der Waals surface area contributed by atoms with Gasteiger partial charge in [-0.25, -0.2) is 0 Å². The van der Waals surface area contributed by atoms with E-state index in [0.29, 0.717) is 23.6 Å². The van der Waals surface area contributed by atoms with Crippen LogP contribution in [0, 0.1) is 0 Å². The summed E-state index contributed by atoms with van der Waals surface area (Å²) in [5, 5.41) is 3.61. The summed E-state index contributed by atoms with van der Waals surface area (Å²) in [5.74, 6) is 1.14. The average Bonchev–Trinajstić information content (AvgIpc) is 2.78. The molecule has 1 heterocycles. The molecule has 1 N–H and O–H groups in total. The van der Waals surface area contributed by atoms with E-state index in [-0.39, 0.29) is 5.91 Å². The second kappa shape index (κ2) is 4.74. The fourth-order valence-electron chi connectivity index (χ4n) is 1.58. The number of carbonyl (C=O) groups is 1. The third-order valence-electron chi connectivity index (χ3n) is 2.40. The summed E-state index contributed by atoms with van der Waals surface area (Å²) < 4.78 is 10.8. The molecule has 88 valence electrons. The third-order valence-corrected chi connectivity index (χ3v) is 2.40. The van der Waals surface area contributed by atoms with Gasteiger partial charge in [0.1, 0.15) is 5.76 Å². The highest BCUT2D eigenvalue weighted by atomic mass is 16.5. The summed E-state index contributed by atoms with van der Waals surface area (Å²) in [5.41, 5.74) is 0.692. The summed E-state index contributed by atoms with van der Waals surface area (Å²) in [7, 11) is 1.59. The van der Waals surface area contributed by atoms with Gasteiger partial charge in [0.05, 0.1) is 13.7 Å². The van der Waals surface area contributed by atoms with Crippen LogP contribution in [-0.4, -0.2) is 13.0 Å². The lowest BCUT2D eigenvalue weighted by atomic mass is 10.2. The molecule has 0 saturated carbocycles. The zero-order chi connectivity index (χ0) is 12.3. The quantitative estimate of drug-likeness (QED) is 0.821. The molecule has 1 aromatic carbocycles. The molecule has 1 aromatic heterocycles. The first-order valence-corrected chi connectivity index (χ1v) is 5.20. The van der Waals surface area contributed by atoms with Crippen LogP contribution in [0.2, 0.25) is 0 Å². The average molecular weight is 231 g/mol. The predicted octanol–water partition coefficient (Wildman–Crippen LogP) is 2.24. The Kier molecular flexibility index (Phi) is 3.14. The van der Waals surface area contributed by atoms with Crippen molar-refractivity contribution in [1.82, 2.24) is 5.32 Å². The fourth-order valence-corrected chi connectivity index (χ4v) is 1.58. The Morgan fingerprint density at radius 1 is 1.59 bits per heavy atom. The minimum Gasteiger partial charge on any atom is -0.493 e. The number of hydrogen-bond acceptors (Lipinski definition) is 3. The number of rotatable bonds is 4. The van der Waals surface area contributed by atoms with Crippen LogP contribution in [0.4, 0.5) is 0 Å². The Labute approximate surface area is 98.9 Å². The number of furan rings is 1. The number of fused-ring (bicyclic) bond motifs is 1. The van der Waals surface area contributed by atoms with Crippen LogP contribution in [-0.2, 0) is 11.3 Å². The normalized spacial score (nSPS) is 10.2. The molecular formula is C13H13NO3. The molecule has 0 aliphatic rings. The number of methoxy groups -OCH3 is 1. The van der Waals surface area contributed by atoms with Gasteiger partial charge in [0.2, 0.25) is 5.91 Å². The van der Waals surface area contributed by atoms with Crippen LogP contribution in [0.1, 0.15) is 5.76 Å². The van der Waals surface area contributed by atoms with E-state index in [9.17, 15) is 4.79 Å². The Morgan fingerprint density at radius 2 is 2.41 bits per heavy atom. The zero-order valence-electron chi connectivity index (χ0n) is 9.53. The van der Waals surface area contributed by atoms with E-state index in [1.54, 1.807) is 7.11 Å². The fraction of sp³-hybridized carbons (Fsp3) is 0.154. The molecule has 4 heteroatoms. The van der Waals surface area contributed by atoms with Gasteiger partial charge < -0.3 is 14.5 Å². The van der Waals surface area contributed by atoms with Gasteiger partial charge >= 0.3 is 0 Å². The number of hydrogen-bond donors (Lipinski definition) is 1. The monoisotopic (exact) mass is 231 g/mol. The zero-order valence-corrected chi connectivity index (χ0v) is 9.53. The van der Waals surface area contributed by atoms with Gasteiger partial charge in [-0.2, -0.15) is 0 Å². The molecule has 0 aliphatic carbocycles. The summed E-state index contributed by atoms with van der Waals surface area (Å²) in [4.78, 5) is 11.0. The van der Waals surface area contributed by atoms with Crippen molar-refractivity contribution in [2.24, 2.45) is 0 Å². The van der Waals surface area contributed by atoms with Crippen molar-refractivity contribution >= 4 is 16.9 Å². The first kappa shape index (κ1) is 11.3. The molecule has 0 bridgehead atoms. The highest BCUT2D eigenvalue weighted by Gasteiger charge is 2.08. The molecule has 0 radical (unpaired) electrons. The van der Waals surface area contributed by atoms with Gasteiger partial charge in [-0.05, 0) is 18.2 Å². The van der Waals surface area contributed by atoms with Crippen LogP contribution in [0.15, 0.2) is 41.3 Å². The Bertz CT molecular complexity index is 557. The highest BCUT2D eigenvalue weighted by molar-refractivity contribution is 5.87. The Balaban J connectivity index is 2.25. The minimum absolute atomic E-state index is 0.225. The van der Waals surface area contributed by atoms with Gasteiger partial charge in [0, 0.05) is 5.39 Å². The van der Waals surface area contributed by atoms with E-state index in [0.717, 1.165) is 5.39 Å². The summed E-state index contributed by atoms with van der Waals surface area (Å²) in [6.07, 6.45) is 1.23. The Morgan fingerprint density at radius 3 is 3.12 bits per heavy atom. The van der Waals surface area contributed by atoms with E-state index in [2.05, 4.69) is 11.9 Å². The van der Waals surface area contributed by atoms with Gasteiger partial charge in [0.15, 0.2) is 11.3 Å². The maximum atomic E-state index is 11.0. The smallest absolute Gasteiger partial charge is 0.243 e. The number of amides is 1. The second-order valence-electron chi connectivity index (χ2n) is 3.51. The molecule has 0 fully saturated rings.